The molecule has 0 amide bonds. The van der Waals surface area contributed by atoms with Crippen LogP contribution in [0, 0.1) is 11.8 Å². The van der Waals surface area contributed by atoms with Crippen molar-refractivity contribution in [2.45, 2.75) is 156 Å². The van der Waals surface area contributed by atoms with Crippen LogP contribution in [0.25, 0.3) is 0 Å². The van der Waals surface area contributed by atoms with Crippen LogP contribution in [0.1, 0.15) is 145 Å². The van der Waals surface area contributed by atoms with Crippen LogP contribution in [-0.2, 0) is 29.1 Å². The average Bonchev–Trinajstić information content (AvgIpc) is 2.81. The Morgan fingerprint density at radius 2 is 1.09 bits per heavy atom. The molecule has 202 valence electrons. The predicted molar refractivity (Wildman–Crippen MR) is 137 cm³/mol. The zero-order valence-electron chi connectivity index (χ0n) is 23.5. The summed E-state index contributed by atoms with van der Waals surface area (Å²) < 4.78 is 0. The monoisotopic (exact) mass is 486 g/mol. The van der Waals surface area contributed by atoms with E-state index in [-0.39, 0.29) is 23.8 Å². The Morgan fingerprint density at radius 1 is 0.618 bits per heavy atom. The maximum Gasteiger partial charge on any atom is 0.345 e. The SMILES string of the molecule is CCCCCC(C)(CCC(C)(C)OOC(=O)C(CC)CCCC)OOC(=O)C(CC)CCCC. The number of carbonyl (C=O) groups excluding carboxylic acids is 2. The molecule has 0 aromatic heterocycles. The van der Waals surface area contributed by atoms with Gasteiger partial charge in [-0.25, -0.2) is 9.59 Å². The molecule has 0 N–H and O–H groups in total. The fraction of sp³-hybridized carbons (Fsp3) is 0.929. The molecule has 0 aromatic rings. The lowest BCUT2D eigenvalue weighted by atomic mass is 9.88. The molecule has 0 radical (unpaired) electrons. The van der Waals surface area contributed by atoms with E-state index < -0.39 is 11.2 Å². The van der Waals surface area contributed by atoms with Gasteiger partial charge in [0.05, 0.1) is 11.8 Å². The van der Waals surface area contributed by atoms with Crippen LogP contribution in [0.5, 0.6) is 0 Å². The summed E-state index contributed by atoms with van der Waals surface area (Å²) in [5, 5.41) is 0. The molecule has 0 rings (SSSR count). The molecule has 34 heavy (non-hydrogen) atoms. The van der Waals surface area contributed by atoms with Gasteiger partial charge in [0.1, 0.15) is 11.2 Å². The van der Waals surface area contributed by atoms with Crippen LogP contribution < -0.4 is 0 Å². The summed E-state index contributed by atoms with van der Waals surface area (Å²) in [6.45, 7) is 16.2. The first kappa shape index (κ1) is 32.9. The molecule has 0 saturated carbocycles. The van der Waals surface area contributed by atoms with E-state index in [2.05, 4.69) is 20.8 Å². The molecule has 0 aliphatic heterocycles. The summed E-state index contributed by atoms with van der Waals surface area (Å²) in [5.74, 6) is -0.826. The van der Waals surface area contributed by atoms with E-state index in [0.717, 1.165) is 77.0 Å². The lowest BCUT2D eigenvalue weighted by Crippen LogP contribution is -2.36. The summed E-state index contributed by atoms with van der Waals surface area (Å²) in [7, 11) is 0. The Balaban J connectivity index is 4.94. The molecule has 0 aliphatic rings. The van der Waals surface area contributed by atoms with Crippen molar-refractivity contribution < 1.29 is 29.1 Å². The zero-order valence-corrected chi connectivity index (χ0v) is 23.5. The molecule has 0 aromatic carbocycles. The van der Waals surface area contributed by atoms with Gasteiger partial charge in [-0.1, -0.05) is 79.6 Å². The minimum absolute atomic E-state index is 0.127. The van der Waals surface area contributed by atoms with Crippen molar-refractivity contribution in [1.29, 1.82) is 0 Å². The van der Waals surface area contributed by atoms with Crippen molar-refractivity contribution in [1.82, 2.24) is 0 Å². The van der Waals surface area contributed by atoms with Gasteiger partial charge >= 0.3 is 11.9 Å². The molecular formula is C28H54O6. The molecule has 0 heterocycles. The molecule has 6 nitrogen and oxygen atoms in total. The van der Waals surface area contributed by atoms with E-state index in [9.17, 15) is 9.59 Å². The van der Waals surface area contributed by atoms with Gasteiger partial charge in [0.15, 0.2) is 0 Å². The maximum atomic E-state index is 12.6. The van der Waals surface area contributed by atoms with E-state index in [4.69, 9.17) is 19.6 Å². The van der Waals surface area contributed by atoms with Gasteiger partial charge in [-0.3, -0.25) is 9.78 Å². The van der Waals surface area contributed by atoms with Crippen LogP contribution in [0.2, 0.25) is 0 Å². The van der Waals surface area contributed by atoms with E-state index in [1.807, 2.05) is 34.6 Å². The number of hydrogen-bond acceptors (Lipinski definition) is 6. The molecule has 3 unspecified atom stereocenters. The van der Waals surface area contributed by atoms with Crippen LogP contribution in [0.15, 0.2) is 0 Å². The Kier molecular flexibility index (Phi) is 17.6. The van der Waals surface area contributed by atoms with Crippen molar-refractivity contribution in [3.8, 4) is 0 Å². The van der Waals surface area contributed by atoms with E-state index in [1.165, 1.54) is 0 Å². The van der Waals surface area contributed by atoms with Gasteiger partial charge < -0.3 is 0 Å². The van der Waals surface area contributed by atoms with Crippen molar-refractivity contribution in [3.05, 3.63) is 0 Å². The lowest BCUT2D eigenvalue weighted by Gasteiger charge is -2.32. The first-order chi connectivity index (χ1) is 16.1. The topological polar surface area (TPSA) is 71.1 Å². The Labute approximate surface area is 209 Å². The summed E-state index contributed by atoms with van der Waals surface area (Å²) in [6, 6.07) is 0. The van der Waals surface area contributed by atoms with Gasteiger partial charge in [-0.2, -0.15) is 9.78 Å². The Morgan fingerprint density at radius 3 is 1.53 bits per heavy atom. The number of rotatable bonds is 21. The van der Waals surface area contributed by atoms with Crippen molar-refractivity contribution in [2.75, 3.05) is 0 Å². The third kappa shape index (κ3) is 14.3. The second-order valence-corrected chi connectivity index (χ2v) is 10.6. The first-order valence-corrected chi connectivity index (χ1v) is 13.9. The van der Waals surface area contributed by atoms with Crippen molar-refractivity contribution in [3.63, 3.8) is 0 Å². The zero-order chi connectivity index (χ0) is 26.0. The van der Waals surface area contributed by atoms with Gasteiger partial charge in [0.2, 0.25) is 0 Å². The largest absolute Gasteiger partial charge is 0.345 e. The fourth-order valence-electron chi connectivity index (χ4n) is 3.87. The summed E-state index contributed by atoms with van der Waals surface area (Å²) >= 11 is 0. The Hall–Kier alpha value is -1.14. The van der Waals surface area contributed by atoms with E-state index in [1.54, 1.807) is 0 Å². The molecule has 0 fully saturated rings. The highest BCUT2D eigenvalue weighted by Gasteiger charge is 2.34. The summed E-state index contributed by atoms with van der Waals surface area (Å²) in [4.78, 5) is 47.0. The molecule has 0 saturated heterocycles. The predicted octanol–water partition coefficient (Wildman–Crippen LogP) is 8.27. The highest BCUT2D eigenvalue weighted by molar-refractivity contribution is 5.72. The lowest BCUT2D eigenvalue weighted by molar-refractivity contribution is -0.347. The van der Waals surface area contributed by atoms with E-state index in [0.29, 0.717) is 12.8 Å². The van der Waals surface area contributed by atoms with Crippen LogP contribution in [0.4, 0.5) is 0 Å². The van der Waals surface area contributed by atoms with Crippen molar-refractivity contribution in [2.24, 2.45) is 11.8 Å². The minimum Gasteiger partial charge on any atom is -0.298 e. The van der Waals surface area contributed by atoms with Crippen molar-refractivity contribution >= 4 is 11.9 Å². The van der Waals surface area contributed by atoms with Crippen LogP contribution in [-0.4, -0.2) is 23.1 Å². The van der Waals surface area contributed by atoms with Gasteiger partial charge in [0.25, 0.3) is 0 Å². The second kappa shape index (κ2) is 18.2. The quantitative estimate of drug-likeness (QED) is 0.0923. The third-order valence-corrected chi connectivity index (χ3v) is 6.70. The summed E-state index contributed by atoms with van der Waals surface area (Å²) in [5.41, 5.74) is -1.29. The van der Waals surface area contributed by atoms with Gasteiger partial charge in [-0.05, 0) is 65.7 Å². The fourth-order valence-corrected chi connectivity index (χ4v) is 3.87. The molecular weight excluding hydrogens is 432 g/mol. The second-order valence-electron chi connectivity index (χ2n) is 10.6. The highest BCUT2D eigenvalue weighted by atomic mass is 17.2. The highest BCUT2D eigenvalue weighted by Crippen LogP contribution is 2.31. The standard InChI is InChI=1S/C28H54O6/c1-9-14-17-20-28(8,34-32-26(30)24(13-5)19-16-11-3)22-21-27(6,7)33-31-25(29)23(12-4)18-15-10-2/h23-24H,9-22H2,1-8H3. The molecule has 0 bridgehead atoms. The average molecular weight is 487 g/mol. The van der Waals surface area contributed by atoms with E-state index >= 15 is 0 Å². The number of hydrogen-bond donors (Lipinski definition) is 0. The molecule has 6 heteroatoms. The smallest absolute Gasteiger partial charge is 0.298 e. The normalized spacial score (nSPS) is 15.4. The van der Waals surface area contributed by atoms with Gasteiger partial charge in [0, 0.05) is 0 Å². The third-order valence-electron chi connectivity index (χ3n) is 6.70. The summed E-state index contributed by atoms with van der Waals surface area (Å²) in [6.07, 6.45) is 12.4. The molecule has 3 atom stereocenters. The molecule has 0 spiro atoms. The molecule has 0 aliphatic carbocycles. The first-order valence-electron chi connectivity index (χ1n) is 13.9. The number of unbranched alkanes of at least 4 members (excludes halogenated alkanes) is 4. The minimum atomic E-state index is -0.675. The maximum absolute atomic E-state index is 12.6. The Bertz CT molecular complexity index is 547. The van der Waals surface area contributed by atoms with Crippen LogP contribution >= 0.6 is 0 Å². The van der Waals surface area contributed by atoms with Gasteiger partial charge in [-0.15, -0.1) is 0 Å². The van der Waals surface area contributed by atoms with Crippen LogP contribution in [0.3, 0.4) is 0 Å². The number of carbonyl (C=O) groups is 2.